The summed E-state index contributed by atoms with van der Waals surface area (Å²) in [5, 5.41) is 10.6. The maximum atomic E-state index is 4.52. The first-order valence-electron chi connectivity index (χ1n) is 9.74. The van der Waals surface area contributed by atoms with Crippen LogP contribution >= 0.6 is 15.9 Å². The first-order chi connectivity index (χ1) is 13.2. The van der Waals surface area contributed by atoms with Gasteiger partial charge in [0, 0.05) is 37.1 Å². The number of piperidine rings is 1. The van der Waals surface area contributed by atoms with Crippen LogP contribution < -0.4 is 5.32 Å². The highest BCUT2D eigenvalue weighted by atomic mass is 79.9. The van der Waals surface area contributed by atoms with Crippen molar-refractivity contribution in [3.05, 3.63) is 46.5 Å². The molecule has 1 atom stereocenters. The van der Waals surface area contributed by atoms with Gasteiger partial charge in [0.1, 0.15) is 12.2 Å². The van der Waals surface area contributed by atoms with Crippen molar-refractivity contribution in [3.8, 4) is 0 Å². The Morgan fingerprint density at radius 1 is 1.41 bits per heavy atom. The van der Waals surface area contributed by atoms with Gasteiger partial charge in [-0.15, -0.1) is 0 Å². The number of H-pyrrole nitrogens is 1. The van der Waals surface area contributed by atoms with E-state index >= 15 is 0 Å². The van der Waals surface area contributed by atoms with Crippen molar-refractivity contribution in [2.24, 2.45) is 10.9 Å². The van der Waals surface area contributed by atoms with Crippen LogP contribution in [0, 0.1) is 5.92 Å². The minimum absolute atomic E-state index is 0.474. The molecule has 0 amide bonds. The zero-order valence-electron chi connectivity index (χ0n) is 16.2. The summed E-state index contributed by atoms with van der Waals surface area (Å²) < 4.78 is 1.15. The highest BCUT2D eigenvalue weighted by Crippen LogP contribution is 2.25. The predicted molar refractivity (Wildman–Crippen MR) is 113 cm³/mol. The Morgan fingerprint density at radius 3 is 2.85 bits per heavy atom. The molecule has 0 radical (unpaired) electrons. The monoisotopic (exact) mass is 432 g/mol. The summed E-state index contributed by atoms with van der Waals surface area (Å²) >= 11 is 3.57. The van der Waals surface area contributed by atoms with Crippen molar-refractivity contribution in [2.45, 2.75) is 38.5 Å². The van der Waals surface area contributed by atoms with Gasteiger partial charge in [0.15, 0.2) is 5.96 Å². The molecule has 1 aromatic carbocycles. The molecular formula is C20H29BrN6. The molecule has 2 aromatic rings. The van der Waals surface area contributed by atoms with E-state index in [0.717, 1.165) is 61.6 Å². The lowest BCUT2D eigenvalue weighted by atomic mass is 9.96. The van der Waals surface area contributed by atoms with Gasteiger partial charge < -0.3 is 10.2 Å². The largest absolute Gasteiger partial charge is 0.356 e. The number of guanidine groups is 1. The number of halogens is 1. The molecule has 0 saturated carbocycles. The van der Waals surface area contributed by atoms with Gasteiger partial charge >= 0.3 is 0 Å². The first-order valence-corrected chi connectivity index (χ1v) is 10.5. The molecule has 1 fully saturated rings. The molecule has 3 rings (SSSR count). The Kier molecular flexibility index (Phi) is 7.26. The summed E-state index contributed by atoms with van der Waals surface area (Å²) in [6.45, 7) is 5.19. The molecule has 6 nitrogen and oxygen atoms in total. The molecule has 27 heavy (non-hydrogen) atoms. The number of nitrogens with zero attached hydrogens (tertiary/aromatic N) is 4. The smallest absolute Gasteiger partial charge is 0.193 e. The summed E-state index contributed by atoms with van der Waals surface area (Å²) in [5.74, 6) is 3.08. The number of rotatable bonds is 6. The normalized spacial score (nSPS) is 17.1. The van der Waals surface area contributed by atoms with Crippen molar-refractivity contribution in [3.63, 3.8) is 0 Å². The van der Waals surface area contributed by atoms with Crippen LogP contribution in [-0.4, -0.2) is 52.7 Å². The van der Waals surface area contributed by atoms with Gasteiger partial charge in [-0.3, -0.25) is 10.1 Å². The zero-order chi connectivity index (χ0) is 19.1. The van der Waals surface area contributed by atoms with Crippen LogP contribution in [0.1, 0.15) is 43.5 Å². The summed E-state index contributed by atoms with van der Waals surface area (Å²) in [4.78, 5) is 11.2. The average molecular weight is 433 g/mol. The van der Waals surface area contributed by atoms with Crippen molar-refractivity contribution in [2.75, 3.05) is 26.7 Å². The second-order valence-electron chi connectivity index (χ2n) is 7.17. The fourth-order valence-electron chi connectivity index (χ4n) is 3.70. The maximum absolute atomic E-state index is 4.52. The van der Waals surface area contributed by atoms with Crippen LogP contribution in [0.4, 0.5) is 0 Å². The van der Waals surface area contributed by atoms with E-state index < -0.39 is 0 Å². The number of aliphatic imine (C=N–C) groups is 1. The van der Waals surface area contributed by atoms with Gasteiger partial charge in [0.25, 0.3) is 0 Å². The molecule has 146 valence electrons. The van der Waals surface area contributed by atoms with Crippen LogP contribution in [0.15, 0.2) is 40.1 Å². The molecule has 0 spiro atoms. The Balaban J connectivity index is 1.49. The van der Waals surface area contributed by atoms with Crippen LogP contribution in [0.5, 0.6) is 0 Å². The zero-order valence-corrected chi connectivity index (χ0v) is 17.7. The van der Waals surface area contributed by atoms with Crippen LogP contribution in [0.25, 0.3) is 0 Å². The van der Waals surface area contributed by atoms with E-state index in [9.17, 15) is 0 Å². The molecule has 2 N–H and O–H groups in total. The quantitative estimate of drug-likeness (QED) is 0.540. The third-order valence-corrected chi connectivity index (χ3v) is 5.86. The summed E-state index contributed by atoms with van der Waals surface area (Å²) in [6.07, 6.45) is 5.96. The van der Waals surface area contributed by atoms with Gasteiger partial charge in [-0.05, 0) is 42.9 Å². The van der Waals surface area contributed by atoms with E-state index in [2.05, 4.69) is 77.5 Å². The Labute approximate surface area is 170 Å². The van der Waals surface area contributed by atoms with E-state index in [1.807, 2.05) is 7.05 Å². The highest BCUT2D eigenvalue weighted by Gasteiger charge is 2.24. The van der Waals surface area contributed by atoms with Gasteiger partial charge in [0.05, 0.1) is 0 Å². The summed E-state index contributed by atoms with van der Waals surface area (Å²) in [5.41, 5.74) is 1.38. The lowest BCUT2D eigenvalue weighted by Crippen LogP contribution is -2.46. The number of likely N-dealkylation sites (tertiary alicyclic amines) is 1. The van der Waals surface area contributed by atoms with Crippen molar-refractivity contribution in [1.82, 2.24) is 25.4 Å². The molecule has 1 aliphatic rings. The first kappa shape index (κ1) is 19.9. The topological polar surface area (TPSA) is 69.2 Å². The highest BCUT2D eigenvalue weighted by molar-refractivity contribution is 9.10. The van der Waals surface area contributed by atoms with Gasteiger partial charge in [-0.2, -0.15) is 5.10 Å². The predicted octanol–water partition coefficient (Wildman–Crippen LogP) is 3.59. The van der Waals surface area contributed by atoms with Crippen molar-refractivity contribution in [1.29, 1.82) is 0 Å². The van der Waals surface area contributed by atoms with Crippen LogP contribution in [-0.2, 0) is 6.42 Å². The summed E-state index contributed by atoms with van der Waals surface area (Å²) in [6, 6.07) is 8.60. The summed E-state index contributed by atoms with van der Waals surface area (Å²) in [7, 11) is 1.88. The number of nitrogens with one attached hydrogen (secondary N) is 2. The van der Waals surface area contributed by atoms with Crippen LogP contribution in [0.2, 0.25) is 0 Å². The lowest BCUT2D eigenvalue weighted by molar-refractivity contribution is 0.296. The second kappa shape index (κ2) is 9.88. The van der Waals surface area contributed by atoms with E-state index in [-0.39, 0.29) is 0 Å². The second-order valence-corrected chi connectivity index (χ2v) is 8.08. The van der Waals surface area contributed by atoms with Gasteiger partial charge in [0.2, 0.25) is 0 Å². The number of hydrogen-bond donors (Lipinski definition) is 2. The van der Waals surface area contributed by atoms with E-state index in [4.69, 9.17) is 0 Å². The van der Waals surface area contributed by atoms with Crippen LogP contribution in [0.3, 0.4) is 0 Å². The fraction of sp³-hybridized carbons (Fsp3) is 0.550. The minimum Gasteiger partial charge on any atom is -0.356 e. The Hall–Kier alpha value is -1.89. The minimum atomic E-state index is 0.474. The number of hydrogen-bond acceptors (Lipinski definition) is 3. The number of aromatic nitrogens is 3. The molecule has 1 saturated heterocycles. The molecular weight excluding hydrogens is 404 g/mol. The third-order valence-electron chi connectivity index (χ3n) is 5.37. The van der Waals surface area contributed by atoms with E-state index in [0.29, 0.717) is 11.8 Å². The molecule has 1 aromatic heterocycles. The Bertz CT molecular complexity index is 722. The number of aromatic amines is 1. The van der Waals surface area contributed by atoms with E-state index in [1.165, 1.54) is 5.56 Å². The van der Waals surface area contributed by atoms with Crippen molar-refractivity contribution >= 4 is 21.9 Å². The van der Waals surface area contributed by atoms with Crippen molar-refractivity contribution < 1.29 is 0 Å². The van der Waals surface area contributed by atoms with Gasteiger partial charge in [-0.25, -0.2) is 4.98 Å². The third kappa shape index (κ3) is 5.54. The molecule has 1 aliphatic heterocycles. The lowest BCUT2D eigenvalue weighted by Gasteiger charge is -2.34. The average Bonchev–Trinajstić information content (AvgIpc) is 3.23. The maximum Gasteiger partial charge on any atom is 0.193 e. The molecule has 7 heteroatoms. The molecule has 2 heterocycles. The Morgan fingerprint density at radius 2 is 2.22 bits per heavy atom. The fourth-order valence-corrected chi connectivity index (χ4v) is 4.15. The van der Waals surface area contributed by atoms with E-state index in [1.54, 1.807) is 6.33 Å². The molecule has 0 bridgehead atoms. The molecule has 0 aliphatic carbocycles. The SMILES string of the molecule is CCC(CNC(=NC)N1CCC(c2ncn[nH]2)CC1)Cc1cccc(Br)c1. The number of benzene rings is 1. The van der Waals surface area contributed by atoms with Gasteiger partial charge in [-0.1, -0.05) is 41.4 Å². The standard InChI is InChI=1S/C20H29BrN6/c1-3-15(11-16-5-4-6-18(21)12-16)13-23-20(22-2)27-9-7-17(8-10-27)19-24-14-25-26-19/h4-6,12,14-15,17H,3,7-11,13H2,1-2H3,(H,22,23)(H,24,25,26). The molecule has 1 unspecified atom stereocenters.